The second-order valence-corrected chi connectivity index (χ2v) is 9.13. The number of carbonyl (C=O) groups is 4. The van der Waals surface area contributed by atoms with Gasteiger partial charge in [0.05, 0.1) is 12.4 Å². The van der Waals surface area contributed by atoms with Crippen LogP contribution in [0, 0.1) is 5.92 Å². The van der Waals surface area contributed by atoms with Crippen molar-refractivity contribution in [1.29, 1.82) is 0 Å². The maximum Gasteiger partial charge on any atom is 0.326 e. The lowest BCUT2D eigenvalue weighted by Crippen LogP contribution is -2.58. The third-order valence-electron chi connectivity index (χ3n) is 6.51. The number of hydrogen-bond donors (Lipinski definition) is 6. The second kappa shape index (κ2) is 13.8. The van der Waals surface area contributed by atoms with Gasteiger partial charge in [0, 0.05) is 24.9 Å². The summed E-state index contributed by atoms with van der Waals surface area (Å²) in [6.07, 6.45) is 6.47. The Hall–Kier alpha value is -2.99. The highest BCUT2D eigenvalue weighted by molar-refractivity contribution is 5.94. The van der Waals surface area contributed by atoms with Crippen molar-refractivity contribution in [3.63, 3.8) is 0 Å². The molecule has 12 nitrogen and oxygen atoms in total. The van der Waals surface area contributed by atoms with Gasteiger partial charge >= 0.3 is 5.97 Å². The average Bonchev–Trinajstić information content (AvgIpc) is 3.53. The summed E-state index contributed by atoms with van der Waals surface area (Å²) in [5.41, 5.74) is 12.2. The summed E-state index contributed by atoms with van der Waals surface area (Å²) in [5, 5.41) is 14.8. The predicted molar refractivity (Wildman–Crippen MR) is 129 cm³/mol. The maximum atomic E-state index is 13.5. The Morgan fingerprint density at radius 1 is 1.29 bits per heavy atom. The van der Waals surface area contributed by atoms with E-state index in [0.29, 0.717) is 50.9 Å². The van der Waals surface area contributed by atoms with E-state index in [4.69, 9.17) is 11.5 Å². The van der Waals surface area contributed by atoms with Gasteiger partial charge in [0.25, 0.3) is 0 Å². The van der Waals surface area contributed by atoms with Crippen LogP contribution in [0.15, 0.2) is 12.5 Å². The number of amides is 3. The van der Waals surface area contributed by atoms with Crippen LogP contribution < -0.4 is 22.1 Å². The molecule has 2 rings (SSSR count). The molecule has 1 saturated heterocycles. The Bertz CT molecular complexity index is 847. The quantitative estimate of drug-likeness (QED) is 0.186. The SMILES string of the molecule is CCC(C)C(NC(=O)C(N)Cc1cnc[nH]1)C(=O)N1CCCC1C(=O)NC(CCCCN)C(=O)O. The van der Waals surface area contributed by atoms with E-state index >= 15 is 0 Å². The van der Waals surface area contributed by atoms with E-state index in [0.717, 1.165) is 0 Å². The molecule has 1 aromatic rings. The third-order valence-corrected chi connectivity index (χ3v) is 6.51. The van der Waals surface area contributed by atoms with Gasteiger partial charge in [0.1, 0.15) is 18.1 Å². The molecule has 12 heteroatoms. The van der Waals surface area contributed by atoms with Crippen LogP contribution in [0.25, 0.3) is 0 Å². The number of aromatic amines is 1. The molecule has 0 radical (unpaired) electrons. The molecule has 0 aromatic carbocycles. The van der Waals surface area contributed by atoms with E-state index < -0.39 is 42.0 Å². The fourth-order valence-electron chi connectivity index (χ4n) is 4.17. The van der Waals surface area contributed by atoms with Gasteiger partial charge in [0.2, 0.25) is 17.7 Å². The molecule has 0 saturated carbocycles. The van der Waals surface area contributed by atoms with E-state index in [9.17, 15) is 24.3 Å². The van der Waals surface area contributed by atoms with Gasteiger partial charge in [-0.3, -0.25) is 14.4 Å². The molecule has 35 heavy (non-hydrogen) atoms. The molecular weight excluding hydrogens is 454 g/mol. The van der Waals surface area contributed by atoms with Crippen molar-refractivity contribution >= 4 is 23.7 Å². The van der Waals surface area contributed by atoms with Crippen LogP contribution in [-0.2, 0) is 25.6 Å². The van der Waals surface area contributed by atoms with Gasteiger partial charge in [-0.25, -0.2) is 9.78 Å². The number of carboxylic acids is 1. The largest absolute Gasteiger partial charge is 0.480 e. The average molecular weight is 494 g/mol. The topological polar surface area (TPSA) is 197 Å². The van der Waals surface area contributed by atoms with E-state index in [1.807, 2.05) is 13.8 Å². The number of rotatable bonds is 14. The molecule has 5 atom stereocenters. The minimum atomic E-state index is -1.12. The van der Waals surface area contributed by atoms with Crippen molar-refractivity contribution in [3.8, 4) is 0 Å². The predicted octanol–water partition coefficient (Wildman–Crippen LogP) is -0.500. The first-order valence-electron chi connectivity index (χ1n) is 12.3. The number of nitrogens with two attached hydrogens (primary N) is 2. The number of unbranched alkanes of at least 4 members (excludes halogenated alkanes) is 1. The van der Waals surface area contributed by atoms with Crippen LogP contribution in [0.2, 0.25) is 0 Å². The molecule has 196 valence electrons. The number of nitrogens with one attached hydrogen (secondary N) is 3. The first-order valence-corrected chi connectivity index (χ1v) is 12.3. The standard InChI is InChI=1S/C23H39N7O5/c1-3-14(2)19(29-20(31)16(25)11-15-12-26-13-27-15)22(33)30-10-6-8-18(30)21(32)28-17(23(34)35)7-4-5-9-24/h12-14,16-19H,3-11,24-25H2,1-2H3,(H,26,27)(H,28,32)(H,29,31)(H,34,35). The van der Waals surface area contributed by atoms with Crippen molar-refractivity contribution < 1.29 is 24.3 Å². The molecule has 0 aliphatic carbocycles. The first-order chi connectivity index (χ1) is 16.7. The van der Waals surface area contributed by atoms with Crippen molar-refractivity contribution in [3.05, 3.63) is 18.2 Å². The zero-order valence-electron chi connectivity index (χ0n) is 20.5. The second-order valence-electron chi connectivity index (χ2n) is 9.13. The highest BCUT2D eigenvalue weighted by atomic mass is 16.4. The van der Waals surface area contributed by atoms with Crippen LogP contribution in [0.1, 0.15) is 58.1 Å². The minimum absolute atomic E-state index is 0.196. The Balaban J connectivity index is 2.08. The van der Waals surface area contributed by atoms with Gasteiger partial charge < -0.3 is 37.1 Å². The molecule has 8 N–H and O–H groups in total. The molecule has 5 unspecified atom stereocenters. The lowest BCUT2D eigenvalue weighted by Gasteiger charge is -2.32. The van der Waals surface area contributed by atoms with Gasteiger partial charge in [-0.1, -0.05) is 20.3 Å². The Morgan fingerprint density at radius 2 is 2.03 bits per heavy atom. The first kappa shape index (κ1) is 28.2. The van der Waals surface area contributed by atoms with Crippen molar-refractivity contribution in [2.24, 2.45) is 17.4 Å². The number of nitrogens with zero attached hydrogens (tertiary/aromatic N) is 2. The zero-order chi connectivity index (χ0) is 26.0. The van der Waals surface area contributed by atoms with Gasteiger partial charge in [-0.15, -0.1) is 0 Å². The van der Waals surface area contributed by atoms with Crippen LogP contribution in [0.4, 0.5) is 0 Å². The van der Waals surface area contributed by atoms with Crippen molar-refractivity contribution in [2.45, 2.75) is 83.0 Å². The fourth-order valence-corrected chi connectivity index (χ4v) is 4.17. The number of aromatic nitrogens is 2. The van der Waals surface area contributed by atoms with E-state index in [2.05, 4.69) is 20.6 Å². The molecule has 1 aromatic heterocycles. The van der Waals surface area contributed by atoms with Crippen LogP contribution in [0.3, 0.4) is 0 Å². The number of imidazole rings is 1. The fraction of sp³-hybridized carbons (Fsp3) is 0.696. The number of aliphatic carboxylic acids is 1. The van der Waals surface area contributed by atoms with Crippen LogP contribution in [0.5, 0.6) is 0 Å². The molecule has 1 aliphatic heterocycles. The van der Waals surface area contributed by atoms with E-state index in [-0.39, 0.29) is 24.7 Å². The van der Waals surface area contributed by atoms with Crippen molar-refractivity contribution in [2.75, 3.05) is 13.1 Å². The molecule has 1 aliphatic rings. The lowest BCUT2D eigenvalue weighted by atomic mass is 9.96. The summed E-state index contributed by atoms with van der Waals surface area (Å²) in [6, 6.07) is -3.57. The monoisotopic (exact) mass is 493 g/mol. The number of carbonyl (C=O) groups excluding carboxylic acids is 3. The lowest BCUT2D eigenvalue weighted by molar-refractivity contribution is -0.145. The van der Waals surface area contributed by atoms with Crippen LogP contribution in [-0.4, -0.2) is 80.9 Å². The summed E-state index contributed by atoms with van der Waals surface area (Å²) < 4.78 is 0. The number of hydrogen-bond acceptors (Lipinski definition) is 7. The van der Waals surface area contributed by atoms with E-state index in [1.54, 1.807) is 6.20 Å². The molecule has 2 heterocycles. The number of H-pyrrole nitrogens is 1. The highest BCUT2D eigenvalue weighted by Crippen LogP contribution is 2.22. The third kappa shape index (κ3) is 8.03. The molecular formula is C23H39N7O5. The summed E-state index contributed by atoms with van der Waals surface area (Å²) in [7, 11) is 0. The van der Waals surface area contributed by atoms with Gasteiger partial charge in [-0.2, -0.15) is 0 Å². The zero-order valence-corrected chi connectivity index (χ0v) is 20.5. The molecule has 3 amide bonds. The summed E-state index contributed by atoms with van der Waals surface area (Å²) in [5.74, 6) is -2.65. The Morgan fingerprint density at radius 3 is 2.63 bits per heavy atom. The van der Waals surface area contributed by atoms with Gasteiger partial charge in [-0.05, 0) is 44.6 Å². The summed E-state index contributed by atoms with van der Waals surface area (Å²) >= 11 is 0. The number of carboxylic acid groups (broad SMARTS) is 1. The Labute approximate surface area is 205 Å². The number of likely N-dealkylation sites (tertiary alicyclic amines) is 1. The van der Waals surface area contributed by atoms with E-state index in [1.165, 1.54) is 11.2 Å². The van der Waals surface area contributed by atoms with Crippen LogP contribution >= 0.6 is 0 Å². The maximum absolute atomic E-state index is 13.5. The normalized spacial score (nSPS) is 19.0. The molecule has 0 spiro atoms. The summed E-state index contributed by atoms with van der Waals surface area (Å²) in [4.78, 5) is 59.1. The summed E-state index contributed by atoms with van der Waals surface area (Å²) in [6.45, 7) is 4.56. The Kier molecular flexibility index (Phi) is 11.1. The highest BCUT2D eigenvalue weighted by Gasteiger charge is 2.40. The molecule has 0 bridgehead atoms. The van der Waals surface area contributed by atoms with Gasteiger partial charge in [0.15, 0.2) is 0 Å². The van der Waals surface area contributed by atoms with Crippen molar-refractivity contribution in [1.82, 2.24) is 25.5 Å². The minimum Gasteiger partial charge on any atom is -0.480 e. The molecule has 1 fully saturated rings. The smallest absolute Gasteiger partial charge is 0.326 e.